The second-order valence-corrected chi connectivity index (χ2v) is 3.63. The average molecular weight is 246 g/mol. The molecule has 0 aliphatic rings. The quantitative estimate of drug-likeness (QED) is 0.779. The fraction of sp³-hybridized carbons (Fsp3) is 0.250. The van der Waals surface area contributed by atoms with Crippen LogP contribution in [0.3, 0.4) is 0 Å². The number of amides is 1. The maximum absolute atomic E-state index is 11.5. The highest BCUT2D eigenvalue weighted by molar-refractivity contribution is 5.77. The summed E-state index contributed by atoms with van der Waals surface area (Å²) in [6.45, 7) is 0.520. The van der Waals surface area contributed by atoms with Crippen LogP contribution in [0.4, 0.5) is 0 Å². The predicted molar refractivity (Wildman–Crippen MR) is 65.0 cm³/mol. The van der Waals surface area contributed by atoms with Crippen molar-refractivity contribution in [2.45, 2.75) is 6.42 Å². The molecule has 2 aromatic rings. The molecule has 0 aliphatic carbocycles. The molecule has 0 aliphatic heterocycles. The molecule has 6 nitrogen and oxygen atoms in total. The Labute approximate surface area is 104 Å². The number of aromatic amines is 1. The van der Waals surface area contributed by atoms with Gasteiger partial charge in [0.15, 0.2) is 6.61 Å². The van der Waals surface area contributed by atoms with Gasteiger partial charge in [0, 0.05) is 13.0 Å². The zero-order chi connectivity index (χ0) is 12.6. The molecule has 0 fully saturated rings. The number of carbonyl (C=O) groups is 1. The second-order valence-electron chi connectivity index (χ2n) is 3.63. The molecule has 1 amide bonds. The number of para-hydroxylation sites is 1. The molecule has 0 saturated carbocycles. The van der Waals surface area contributed by atoms with E-state index in [0.29, 0.717) is 18.7 Å². The van der Waals surface area contributed by atoms with E-state index in [1.807, 2.05) is 30.3 Å². The minimum absolute atomic E-state index is 0.0143. The van der Waals surface area contributed by atoms with Crippen LogP contribution in [-0.2, 0) is 11.2 Å². The number of aromatic nitrogens is 3. The molecule has 0 bridgehead atoms. The lowest BCUT2D eigenvalue weighted by atomic mass is 10.3. The highest BCUT2D eigenvalue weighted by Crippen LogP contribution is 2.07. The average Bonchev–Trinajstić information content (AvgIpc) is 2.91. The minimum Gasteiger partial charge on any atom is -0.484 e. The number of rotatable bonds is 6. The zero-order valence-corrected chi connectivity index (χ0v) is 9.80. The maximum atomic E-state index is 11.5. The Morgan fingerprint density at radius 2 is 2.17 bits per heavy atom. The fourth-order valence-electron chi connectivity index (χ4n) is 1.39. The van der Waals surface area contributed by atoms with Crippen molar-refractivity contribution in [1.29, 1.82) is 0 Å². The van der Waals surface area contributed by atoms with E-state index in [1.165, 1.54) is 6.33 Å². The highest BCUT2D eigenvalue weighted by Gasteiger charge is 2.02. The van der Waals surface area contributed by atoms with E-state index < -0.39 is 0 Å². The predicted octanol–water partition coefficient (Wildman–Crippen LogP) is 0.542. The molecule has 1 aromatic carbocycles. The normalized spacial score (nSPS) is 10.0. The van der Waals surface area contributed by atoms with E-state index in [-0.39, 0.29) is 12.5 Å². The monoisotopic (exact) mass is 246 g/mol. The number of hydrogen-bond acceptors (Lipinski definition) is 4. The van der Waals surface area contributed by atoms with Gasteiger partial charge >= 0.3 is 0 Å². The summed E-state index contributed by atoms with van der Waals surface area (Å²) in [5.41, 5.74) is 0. The summed E-state index contributed by atoms with van der Waals surface area (Å²) in [5, 5.41) is 9.19. The number of H-pyrrole nitrogens is 1. The van der Waals surface area contributed by atoms with Gasteiger partial charge in [0.2, 0.25) is 0 Å². The van der Waals surface area contributed by atoms with Gasteiger partial charge in [0.1, 0.15) is 17.9 Å². The second kappa shape index (κ2) is 6.39. The Balaban J connectivity index is 1.63. The van der Waals surface area contributed by atoms with E-state index in [4.69, 9.17) is 4.74 Å². The fourth-order valence-corrected chi connectivity index (χ4v) is 1.39. The summed E-state index contributed by atoms with van der Waals surface area (Å²) in [7, 11) is 0. The molecule has 0 spiro atoms. The number of nitrogens with one attached hydrogen (secondary N) is 2. The molecule has 0 atom stereocenters. The molecule has 94 valence electrons. The summed E-state index contributed by atoms with van der Waals surface area (Å²) in [6, 6.07) is 9.22. The van der Waals surface area contributed by atoms with Crippen molar-refractivity contribution in [2.75, 3.05) is 13.2 Å². The van der Waals surface area contributed by atoms with Gasteiger partial charge in [-0.15, -0.1) is 0 Å². The molecule has 6 heteroatoms. The molecular weight excluding hydrogens is 232 g/mol. The third-order valence-corrected chi connectivity index (χ3v) is 2.26. The maximum Gasteiger partial charge on any atom is 0.257 e. The van der Waals surface area contributed by atoms with Crippen molar-refractivity contribution in [2.24, 2.45) is 0 Å². The van der Waals surface area contributed by atoms with E-state index in [0.717, 1.165) is 5.82 Å². The number of benzene rings is 1. The molecule has 0 radical (unpaired) electrons. The van der Waals surface area contributed by atoms with Gasteiger partial charge in [-0.3, -0.25) is 9.89 Å². The van der Waals surface area contributed by atoms with Crippen molar-refractivity contribution >= 4 is 5.91 Å². The van der Waals surface area contributed by atoms with Gasteiger partial charge in [-0.25, -0.2) is 4.98 Å². The summed E-state index contributed by atoms with van der Waals surface area (Å²) < 4.78 is 5.31. The molecule has 2 rings (SSSR count). The Hall–Kier alpha value is -2.37. The van der Waals surface area contributed by atoms with E-state index in [1.54, 1.807) is 0 Å². The van der Waals surface area contributed by atoms with Gasteiger partial charge in [0.05, 0.1) is 0 Å². The first-order valence-corrected chi connectivity index (χ1v) is 5.63. The van der Waals surface area contributed by atoms with Gasteiger partial charge in [-0.05, 0) is 12.1 Å². The van der Waals surface area contributed by atoms with Crippen LogP contribution in [0, 0.1) is 0 Å². The molecule has 1 aromatic heterocycles. The number of nitrogens with zero attached hydrogens (tertiary/aromatic N) is 2. The molecule has 1 heterocycles. The largest absolute Gasteiger partial charge is 0.484 e. The minimum atomic E-state index is -0.154. The lowest BCUT2D eigenvalue weighted by Gasteiger charge is -2.06. The standard InChI is InChI=1S/C12H14N4O2/c17-12(8-18-10-4-2-1-3-5-10)13-7-6-11-14-9-15-16-11/h1-5,9H,6-8H2,(H,13,17)(H,14,15,16). The first kappa shape index (κ1) is 12.1. The van der Waals surface area contributed by atoms with Crippen molar-refractivity contribution in [1.82, 2.24) is 20.5 Å². The van der Waals surface area contributed by atoms with Crippen molar-refractivity contribution in [3.05, 3.63) is 42.5 Å². The van der Waals surface area contributed by atoms with E-state index >= 15 is 0 Å². The number of ether oxygens (including phenoxy) is 1. The van der Waals surface area contributed by atoms with Gasteiger partial charge < -0.3 is 10.1 Å². The van der Waals surface area contributed by atoms with Crippen LogP contribution < -0.4 is 10.1 Å². The van der Waals surface area contributed by atoms with Crippen LogP contribution in [0.15, 0.2) is 36.7 Å². The van der Waals surface area contributed by atoms with Crippen LogP contribution in [0.2, 0.25) is 0 Å². The first-order valence-electron chi connectivity index (χ1n) is 5.63. The number of carbonyl (C=O) groups excluding carboxylic acids is 1. The number of hydrogen-bond donors (Lipinski definition) is 2. The van der Waals surface area contributed by atoms with Crippen LogP contribution >= 0.6 is 0 Å². The van der Waals surface area contributed by atoms with Crippen LogP contribution in [-0.4, -0.2) is 34.2 Å². The lowest BCUT2D eigenvalue weighted by Crippen LogP contribution is -2.30. The Morgan fingerprint density at radius 3 is 2.89 bits per heavy atom. The Kier molecular flexibility index (Phi) is 4.29. The summed E-state index contributed by atoms with van der Waals surface area (Å²) >= 11 is 0. The first-order chi connectivity index (χ1) is 8.84. The van der Waals surface area contributed by atoms with Crippen molar-refractivity contribution < 1.29 is 9.53 Å². The summed E-state index contributed by atoms with van der Waals surface area (Å²) in [4.78, 5) is 15.4. The molecule has 0 unspecified atom stereocenters. The van der Waals surface area contributed by atoms with Crippen LogP contribution in [0.1, 0.15) is 5.82 Å². The third kappa shape index (κ3) is 3.89. The Bertz CT molecular complexity index is 470. The zero-order valence-electron chi connectivity index (χ0n) is 9.80. The molecular formula is C12H14N4O2. The summed E-state index contributed by atoms with van der Waals surface area (Å²) in [5.74, 6) is 1.28. The van der Waals surface area contributed by atoms with E-state index in [2.05, 4.69) is 20.5 Å². The molecule has 0 saturated heterocycles. The van der Waals surface area contributed by atoms with Crippen LogP contribution in [0.5, 0.6) is 5.75 Å². The SMILES string of the molecule is O=C(COc1ccccc1)NCCc1ncn[nH]1. The van der Waals surface area contributed by atoms with E-state index in [9.17, 15) is 4.79 Å². The Morgan fingerprint density at radius 1 is 1.33 bits per heavy atom. The van der Waals surface area contributed by atoms with Crippen LogP contribution in [0.25, 0.3) is 0 Å². The van der Waals surface area contributed by atoms with Gasteiger partial charge in [-0.2, -0.15) is 5.10 Å². The third-order valence-electron chi connectivity index (χ3n) is 2.26. The smallest absolute Gasteiger partial charge is 0.257 e. The topological polar surface area (TPSA) is 79.9 Å². The van der Waals surface area contributed by atoms with Gasteiger partial charge in [-0.1, -0.05) is 18.2 Å². The molecule has 18 heavy (non-hydrogen) atoms. The summed E-state index contributed by atoms with van der Waals surface area (Å²) in [6.07, 6.45) is 2.06. The van der Waals surface area contributed by atoms with Crippen molar-refractivity contribution in [3.8, 4) is 5.75 Å². The molecule has 2 N–H and O–H groups in total. The lowest BCUT2D eigenvalue weighted by molar-refractivity contribution is -0.123. The highest BCUT2D eigenvalue weighted by atomic mass is 16.5. The van der Waals surface area contributed by atoms with Crippen molar-refractivity contribution in [3.63, 3.8) is 0 Å². The van der Waals surface area contributed by atoms with Gasteiger partial charge in [0.25, 0.3) is 5.91 Å².